The number of aromatic nitrogens is 1. The molecular weight excluding hydrogens is 486 g/mol. The summed E-state index contributed by atoms with van der Waals surface area (Å²) < 4.78 is 0. The zero-order valence-corrected chi connectivity index (χ0v) is 22.6. The lowest BCUT2D eigenvalue weighted by Gasteiger charge is -2.58. The van der Waals surface area contributed by atoms with E-state index in [0.29, 0.717) is 35.1 Å². The minimum atomic E-state index is -0.739. The molecule has 6 fully saturated rings. The first-order chi connectivity index (χ1) is 17.8. The van der Waals surface area contributed by atoms with E-state index < -0.39 is 11.6 Å². The van der Waals surface area contributed by atoms with Crippen LogP contribution in [0.3, 0.4) is 0 Å². The number of thioether (sulfide) groups is 1. The highest BCUT2D eigenvalue weighted by Crippen LogP contribution is 2.55. The maximum Gasteiger partial charge on any atom is 0.303 e. The van der Waals surface area contributed by atoms with Crippen LogP contribution < -0.4 is 10.2 Å². The zero-order valence-electron chi connectivity index (χ0n) is 21.7. The number of carboxylic acid groups (broad SMARTS) is 1. The fourth-order valence-corrected chi connectivity index (χ4v) is 9.66. The Bertz CT molecular complexity index is 1010. The first-order valence-corrected chi connectivity index (χ1v) is 15.4. The molecule has 0 aromatic carbocycles. The number of nitrogens with zero attached hydrogens (tertiary/aromatic N) is 2. The number of piperidine rings is 1. The maximum atomic E-state index is 13.7. The molecule has 1 aromatic heterocycles. The van der Waals surface area contributed by atoms with Crippen LogP contribution in [0.15, 0.2) is 17.2 Å². The topological polar surface area (TPSA) is 103 Å². The third-order valence-electron chi connectivity index (χ3n) is 9.77. The Morgan fingerprint density at radius 1 is 1.05 bits per heavy atom. The van der Waals surface area contributed by atoms with E-state index >= 15 is 0 Å². The molecule has 5 aliphatic carbocycles. The van der Waals surface area contributed by atoms with Crippen molar-refractivity contribution in [1.29, 1.82) is 0 Å². The Morgan fingerprint density at radius 3 is 2.51 bits per heavy atom. The van der Waals surface area contributed by atoms with Gasteiger partial charge < -0.3 is 20.4 Å². The van der Waals surface area contributed by atoms with Crippen LogP contribution in [0.2, 0.25) is 0 Å². The van der Waals surface area contributed by atoms with Gasteiger partial charge >= 0.3 is 5.97 Å². The molecule has 37 heavy (non-hydrogen) atoms. The second kappa shape index (κ2) is 10.4. The number of aliphatic hydroxyl groups is 1. The monoisotopic (exact) mass is 527 g/mol. The molecule has 7 rings (SSSR count). The van der Waals surface area contributed by atoms with E-state index in [1.165, 1.54) is 19.3 Å². The van der Waals surface area contributed by atoms with Crippen LogP contribution in [-0.2, 0) is 4.79 Å². The summed E-state index contributed by atoms with van der Waals surface area (Å²) in [5.41, 5.74) is 0.168. The Hall–Kier alpha value is -1.80. The van der Waals surface area contributed by atoms with Crippen molar-refractivity contribution in [3.63, 3.8) is 0 Å². The van der Waals surface area contributed by atoms with Gasteiger partial charge in [-0.25, -0.2) is 4.98 Å². The zero-order chi connectivity index (χ0) is 25.6. The predicted molar refractivity (Wildman–Crippen MR) is 144 cm³/mol. The molecule has 1 amide bonds. The van der Waals surface area contributed by atoms with E-state index in [-0.39, 0.29) is 24.3 Å². The third kappa shape index (κ3) is 5.51. The number of rotatable bonds is 7. The number of carbonyl (C=O) groups excluding carboxylic acids is 1. The van der Waals surface area contributed by atoms with Gasteiger partial charge in [0.2, 0.25) is 0 Å². The normalized spacial score (nSPS) is 35.5. The molecule has 2 heterocycles. The molecule has 8 heteroatoms. The highest BCUT2D eigenvalue weighted by molar-refractivity contribution is 7.99. The standard InChI is InChI=1S/C29H41N3O4S/c33-25(34)13-18-5-4-10-32(17-18)24-9-8-23(28(30-24)37-22-6-2-1-3-7-22)27(35)31-26-20-11-19-12-21(26)16-29(36,14-19)15-20/h8-9,18-22,26,36H,1-7,10-17H2,(H,31,35)(H,33,34)/t18?,19?,20?,21?,26-,29+. The molecule has 6 aliphatic rings. The van der Waals surface area contributed by atoms with Gasteiger partial charge in [0, 0.05) is 30.8 Å². The van der Waals surface area contributed by atoms with Crippen molar-refractivity contribution in [3.05, 3.63) is 17.7 Å². The summed E-state index contributed by atoms with van der Waals surface area (Å²) in [7, 11) is 0. The van der Waals surface area contributed by atoms with Gasteiger partial charge in [0.25, 0.3) is 5.91 Å². The summed E-state index contributed by atoms with van der Waals surface area (Å²) in [6, 6.07) is 4.06. The average Bonchev–Trinajstić information content (AvgIpc) is 2.85. The fourth-order valence-electron chi connectivity index (χ4n) is 8.34. The molecule has 4 bridgehead atoms. The number of pyridine rings is 1. The SMILES string of the molecule is O=C(O)CC1CCCN(c2ccc(C(=O)N[C@H]3C4CC5CC3C[C@@](O)(C5)C4)c(SC3CCCCC3)n2)C1. The number of nitrogens with one attached hydrogen (secondary N) is 1. The van der Waals surface area contributed by atoms with Gasteiger partial charge in [0.1, 0.15) is 10.8 Å². The number of hydrogen-bond donors (Lipinski definition) is 3. The number of aliphatic carboxylic acids is 1. The molecule has 3 atom stereocenters. The van der Waals surface area contributed by atoms with Crippen LogP contribution in [0.25, 0.3) is 0 Å². The van der Waals surface area contributed by atoms with Gasteiger partial charge in [0.15, 0.2) is 0 Å². The number of amides is 1. The lowest BCUT2D eigenvalue weighted by Crippen LogP contribution is -2.61. The molecule has 0 radical (unpaired) electrons. The van der Waals surface area contributed by atoms with Crippen LogP contribution in [0, 0.1) is 23.7 Å². The van der Waals surface area contributed by atoms with Crippen LogP contribution in [0.4, 0.5) is 5.82 Å². The summed E-state index contributed by atoms with van der Waals surface area (Å²) in [4.78, 5) is 32.3. The molecular formula is C29H41N3O4S. The summed E-state index contributed by atoms with van der Waals surface area (Å²) >= 11 is 1.77. The van der Waals surface area contributed by atoms with Gasteiger partial charge in [-0.15, -0.1) is 11.8 Å². The van der Waals surface area contributed by atoms with E-state index in [9.17, 15) is 19.8 Å². The molecule has 3 unspecified atom stereocenters. The Balaban J connectivity index is 1.22. The van der Waals surface area contributed by atoms with Gasteiger partial charge in [-0.05, 0) is 93.6 Å². The number of anilines is 1. The van der Waals surface area contributed by atoms with E-state index in [4.69, 9.17) is 4.98 Å². The minimum Gasteiger partial charge on any atom is -0.481 e. The largest absolute Gasteiger partial charge is 0.481 e. The first-order valence-electron chi connectivity index (χ1n) is 14.5. The van der Waals surface area contributed by atoms with Gasteiger partial charge in [0.05, 0.1) is 11.2 Å². The molecule has 7 nitrogen and oxygen atoms in total. The molecule has 1 aliphatic heterocycles. The summed E-state index contributed by atoms with van der Waals surface area (Å²) in [6.45, 7) is 1.57. The molecule has 202 valence electrons. The Kier molecular flexibility index (Phi) is 7.16. The second-order valence-electron chi connectivity index (χ2n) is 12.6. The summed E-state index contributed by atoms with van der Waals surface area (Å²) in [5.74, 6) is 1.60. The molecule has 1 aromatic rings. The number of carbonyl (C=O) groups is 2. The predicted octanol–water partition coefficient (Wildman–Crippen LogP) is 4.87. The lowest BCUT2D eigenvalue weighted by atomic mass is 9.52. The summed E-state index contributed by atoms with van der Waals surface area (Å²) in [6.07, 6.45) is 13.0. The Morgan fingerprint density at radius 2 is 1.81 bits per heavy atom. The molecule has 3 N–H and O–H groups in total. The second-order valence-corrected chi connectivity index (χ2v) is 13.9. The quantitative estimate of drug-likeness (QED) is 0.465. The van der Waals surface area contributed by atoms with E-state index in [2.05, 4.69) is 10.2 Å². The van der Waals surface area contributed by atoms with Gasteiger partial charge in [-0.1, -0.05) is 19.3 Å². The van der Waals surface area contributed by atoms with Crippen molar-refractivity contribution < 1.29 is 19.8 Å². The third-order valence-corrected chi connectivity index (χ3v) is 11.1. The highest BCUT2D eigenvalue weighted by Gasteiger charge is 2.55. The molecule has 1 saturated heterocycles. The number of carboxylic acids is 1. The molecule has 0 spiro atoms. The van der Waals surface area contributed by atoms with Crippen molar-refractivity contribution in [3.8, 4) is 0 Å². The van der Waals surface area contributed by atoms with Crippen molar-refractivity contribution in [2.75, 3.05) is 18.0 Å². The van der Waals surface area contributed by atoms with E-state index in [1.807, 2.05) is 12.1 Å². The number of hydrogen-bond acceptors (Lipinski definition) is 6. The van der Waals surface area contributed by atoms with Crippen LogP contribution >= 0.6 is 11.8 Å². The van der Waals surface area contributed by atoms with Crippen molar-refractivity contribution in [2.45, 2.75) is 105 Å². The van der Waals surface area contributed by atoms with Crippen LogP contribution in [0.1, 0.15) is 93.8 Å². The van der Waals surface area contributed by atoms with E-state index in [0.717, 1.165) is 75.2 Å². The van der Waals surface area contributed by atoms with Gasteiger partial charge in [-0.3, -0.25) is 9.59 Å². The van der Waals surface area contributed by atoms with Crippen molar-refractivity contribution in [1.82, 2.24) is 10.3 Å². The molecule has 5 saturated carbocycles. The smallest absolute Gasteiger partial charge is 0.303 e. The summed E-state index contributed by atoms with van der Waals surface area (Å²) in [5, 5.41) is 25.0. The van der Waals surface area contributed by atoms with E-state index in [1.54, 1.807) is 11.8 Å². The first kappa shape index (κ1) is 25.5. The van der Waals surface area contributed by atoms with Crippen molar-refractivity contribution >= 4 is 29.5 Å². The average molecular weight is 528 g/mol. The van der Waals surface area contributed by atoms with Crippen LogP contribution in [0.5, 0.6) is 0 Å². The lowest BCUT2D eigenvalue weighted by molar-refractivity contribution is -0.138. The van der Waals surface area contributed by atoms with Crippen molar-refractivity contribution in [2.24, 2.45) is 23.7 Å². The van der Waals surface area contributed by atoms with Crippen LogP contribution in [-0.4, -0.2) is 57.1 Å². The highest BCUT2D eigenvalue weighted by atomic mass is 32.2. The van der Waals surface area contributed by atoms with Gasteiger partial charge in [-0.2, -0.15) is 0 Å². The minimum absolute atomic E-state index is 0.0239. The Labute approximate surface area is 224 Å². The maximum absolute atomic E-state index is 13.7. The fraction of sp³-hybridized carbons (Fsp3) is 0.759.